The average Bonchev–Trinajstić information content (AvgIpc) is 2.37. The molecule has 0 saturated heterocycles. The van der Waals surface area contributed by atoms with Crippen molar-refractivity contribution >= 4 is 75.6 Å². The van der Waals surface area contributed by atoms with E-state index in [2.05, 4.69) is 63.7 Å². The van der Waals surface area contributed by atoms with Gasteiger partial charge in [0, 0.05) is 32.4 Å². The Bertz CT molecular complexity index is 312. The second-order valence-electron chi connectivity index (χ2n) is 4.69. The fourth-order valence-corrected chi connectivity index (χ4v) is 3.65. The van der Waals surface area contributed by atoms with Crippen molar-refractivity contribution < 1.29 is 14.7 Å². The minimum Gasteiger partial charge on any atom is -0.474 e. The number of aliphatic carboxylic acids is 1. The number of carboxylic acids is 1. The maximum Gasteiger partial charge on any atom is 0.394 e. The van der Waals surface area contributed by atoms with Crippen LogP contribution in [0.3, 0.4) is 0 Å². The summed E-state index contributed by atoms with van der Waals surface area (Å²) in [4.78, 5) is 24.8. The molecule has 0 fully saturated rings. The van der Waals surface area contributed by atoms with Gasteiger partial charge in [-0.1, -0.05) is 63.7 Å². The van der Waals surface area contributed by atoms with E-state index in [0.717, 1.165) is 10.7 Å². The SMILES string of the molecule is CC(CC(Br)CBr)N(C(=O)C(=O)O)C(C)CC(Br)CBr. The van der Waals surface area contributed by atoms with Gasteiger partial charge in [-0.3, -0.25) is 4.79 Å². The summed E-state index contributed by atoms with van der Waals surface area (Å²) in [6.45, 7) is 3.76. The number of hydrogen-bond acceptors (Lipinski definition) is 2. The van der Waals surface area contributed by atoms with E-state index in [4.69, 9.17) is 5.11 Å². The third-order valence-electron chi connectivity index (χ3n) is 2.90. The number of nitrogens with zero attached hydrogens (tertiary/aromatic N) is 1. The number of halogens is 4. The van der Waals surface area contributed by atoms with E-state index in [1.807, 2.05) is 13.8 Å². The van der Waals surface area contributed by atoms with Crippen molar-refractivity contribution in [2.45, 2.75) is 48.4 Å². The molecule has 0 aromatic carbocycles. The number of alkyl halides is 4. The number of rotatable bonds is 8. The molecular formula is C12H19Br4NO3. The molecule has 1 N–H and O–H groups in total. The maximum atomic E-state index is 11.9. The highest BCUT2D eigenvalue weighted by Gasteiger charge is 2.31. The molecule has 8 heteroatoms. The Balaban J connectivity index is 4.97. The van der Waals surface area contributed by atoms with Crippen LogP contribution in [0.25, 0.3) is 0 Å². The molecule has 0 heterocycles. The highest BCUT2D eigenvalue weighted by molar-refractivity contribution is 9.12. The molecule has 4 nitrogen and oxygen atoms in total. The van der Waals surface area contributed by atoms with E-state index in [-0.39, 0.29) is 21.7 Å². The van der Waals surface area contributed by atoms with Crippen LogP contribution in [0.5, 0.6) is 0 Å². The molecule has 0 bridgehead atoms. The number of amides is 1. The lowest BCUT2D eigenvalue weighted by Crippen LogP contribution is -2.49. The Hall–Kier alpha value is 0.860. The van der Waals surface area contributed by atoms with Gasteiger partial charge in [-0.05, 0) is 26.7 Å². The highest BCUT2D eigenvalue weighted by atomic mass is 79.9. The second kappa shape index (κ2) is 10.6. The van der Waals surface area contributed by atoms with Crippen LogP contribution in [-0.4, -0.2) is 54.3 Å². The Labute approximate surface area is 153 Å². The van der Waals surface area contributed by atoms with Crippen LogP contribution in [0, 0.1) is 0 Å². The van der Waals surface area contributed by atoms with Crippen molar-refractivity contribution in [3.8, 4) is 0 Å². The van der Waals surface area contributed by atoms with Crippen molar-refractivity contribution in [1.82, 2.24) is 4.90 Å². The van der Waals surface area contributed by atoms with Crippen LogP contribution in [0.1, 0.15) is 26.7 Å². The maximum absolute atomic E-state index is 11.9. The van der Waals surface area contributed by atoms with Gasteiger partial charge in [0.15, 0.2) is 0 Å². The zero-order valence-electron chi connectivity index (χ0n) is 11.4. The van der Waals surface area contributed by atoms with Crippen LogP contribution in [0.4, 0.5) is 0 Å². The lowest BCUT2D eigenvalue weighted by atomic mass is 10.1. The third-order valence-corrected chi connectivity index (χ3v) is 7.59. The quantitative estimate of drug-likeness (QED) is 0.374. The molecule has 0 aliphatic carbocycles. The normalized spacial score (nSPS) is 17.1. The van der Waals surface area contributed by atoms with E-state index in [9.17, 15) is 9.59 Å². The predicted octanol–water partition coefficient (Wildman–Crippen LogP) is 3.77. The number of carbonyl (C=O) groups excluding carboxylic acids is 1. The average molecular weight is 545 g/mol. The molecule has 0 aliphatic rings. The van der Waals surface area contributed by atoms with Gasteiger partial charge in [-0.15, -0.1) is 0 Å². The third kappa shape index (κ3) is 7.22. The number of carbonyl (C=O) groups is 2. The molecule has 4 unspecified atom stereocenters. The molecule has 0 saturated carbocycles. The van der Waals surface area contributed by atoms with Gasteiger partial charge in [0.1, 0.15) is 0 Å². The number of carboxylic acid groups (broad SMARTS) is 1. The lowest BCUT2D eigenvalue weighted by Gasteiger charge is -2.35. The fourth-order valence-electron chi connectivity index (χ4n) is 2.04. The van der Waals surface area contributed by atoms with Crippen molar-refractivity contribution in [2.24, 2.45) is 0 Å². The molecule has 0 radical (unpaired) electrons. The zero-order valence-corrected chi connectivity index (χ0v) is 17.7. The monoisotopic (exact) mass is 541 g/mol. The molecule has 0 aromatic rings. The first-order valence-electron chi connectivity index (χ1n) is 6.20. The first-order chi connectivity index (χ1) is 9.24. The molecule has 1 amide bonds. The summed E-state index contributed by atoms with van der Waals surface area (Å²) in [7, 11) is 0. The summed E-state index contributed by atoms with van der Waals surface area (Å²) in [5.41, 5.74) is 0. The van der Waals surface area contributed by atoms with Gasteiger partial charge in [-0.2, -0.15) is 0 Å². The summed E-state index contributed by atoms with van der Waals surface area (Å²) >= 11 is 13.7. The molecule has 118 valence electrons. The molecule has 0 spiro atoms. The topological polar surface area (TPSA) is 57.6 Å². The Morgan fingerprint density at radius 3 is 1.60 bits per heavy atom. The van der Waals surface area contributed by atoms with Gasteiger partial charge in [-0.25, -0.2) is 4.79 Å². The van der Waals surface area contributed by atoms with Gasteiger partial charge >= 0.3 is 11.9 Å². The van der Waals surface area contributed by atoms with Crippen LogP contribution in [-0.2, 0) is 9.59 Å². The summed E-state index contributed by atoms with van der Waals surface area (Å²) in [6, 6.07) is -0.295. The predicted molar refractivity (Wildman–Crippen MR) is 95.7 cm³/mol. The Morgan fingerprint density at radius 1 is 1.00 bits per heavy atom. The van der Waals surface area contributed by atoms with E-state index < -0.39 is 11.9 Å². The molecule has 20 heavy (non-hydrogen) atoms. The summed E-state index contributed by atoms with van der Waals surface area (Å²) < 4.78 is 0. The largest absolute Gasteiger partial charge is 0.474 e. The first-order valence-corrected chi connectivity index (χ1v) is 10.3. The fraction of sp³-hybridized carbons (Fsp3) is 0.833. The molecule has 0 aliphatic heterocycles. The summed E-state index contributed by atoms with van der Waals surface area (Å²) in [6.07, 6.45) is 1.38. The van der Waals surface area contributed by atoms with Crippen LogP contribution in [0.2, 0.25) is 0 Å². The van der Waals surface area contributed by atoms with E-state index in [0.29, 0.717) is 12.8 Å². The van der Waals surface area contributed by atoms with E-state index in [1.165, 1.54) is 4.90 Å². The number of hydrogen-bond donors (Lipinski definition) is 1. The minimum atomic E-state index is -1.40. The van der Waals surface area contributed by atoms with Crippen LogP contribution in [0.15, 0.2) is 0 Å². The Morgan fingerprint density at radius 2 is 1.35 bits per heavy atom. The highest BCUT2D eigenvalue weighted by Crippen LogP contribution is 2.21. The van der Waals surface area contributed by atoms with Gasteiger partial charge < -0.3 is 10.0 Å². The zero-order chi connectivity index (χ0) is 15.9. The molecule has 0 rings (SSSR count). The van der Waals surface area contributed by atoms with Crippen molar-refractivity contribution in [3.63, 3.8) is 0 Å². The summed E-state index contributed by atoms with van der Waals surface area (Å²) in [5, 5.41) is 10.5. The molecule has 4 atom stereocenters. The Kier molecular flexibility index (Phi) is 11.0. The van der Waals surface area contributed by atoms with Crippen molar-refractivity contribution in [1.29, 1.82) is 0 Å². The molecule has 0 aromatic heterocycles. The van der Waals surface area contributed by atoms with E-state index >= 15 is 0 Å². The van der Waals surface area contributed by atoms with Crippen molar-refractivity contribution in [2.75, 3.05) is 10.7 Å². The van der Waals surface area contributed by atoms with Gasteiger partial charge in [0.2, 0.25) is 0 Å². The first kappa shape index (κ1) is 20.9. The van der Waals surface area contributed by atoms with Gasteiger partial charge in [0.25, 0.3) is 0 Å². The standard InChI is InChI=1S/C12H19Br4NO3/c1-7(3-9(15)5-13)17(11(18)12(19)20)8(2)4-10(16)6-14/h7-10H,3-6H2,1-2H3,(H,19,20). The smallest absolute Gasteiger partial charge is 0.394 e. The van der Waals surface area contributed by atoms with E-state index in [1.54, 1.807) is 0 Å². The lowest BCUT2D eigenvalue weighted by molar-refractivity contribution is -0.158. The minimum absolute atomic E-state index is 0.148. The summed E-state index contributed by atoms with van der Waals surface area (Å²) in [5.74, 6) is -2.24. The second-order valence-corrected chi connectivity index (χ2v) is 8.58. The van der Waals surface area contributed by atoms with Gasteiger partial charge in [0.05, 0.1) is 0 Å². The van der Waals surface area contributed by atoms with Crippen molar-refractivity contribution in [3.05, 3.63) is 0 Å². The van der Waals surface area contributed by atoms with Crippen LogP contribution < -0.4 is 0 Å². The molecular weight excluding hydrogens is 526 g/mol. The van der Waals surface area contributed by atoms with Crippen LogP contribution >= 0.6 is 63.7 Å².